The highest BCUT2D eigenvalue weighted by Gasteiger charge is 1.72. The Morgan fingerprint density at radius 3 is 2.20 bits per heavy atom. The second kappa shape index (κ2) is 3.15. The van der Waals surface area contributed by atoms with Crippen LogP contribution in [0.25, 0.3) is 0 Å². The first-order valence-corrected chi connectivity index (χ1v) is 3.36. The SMILES string of the molecule is C=C(I)CBr. The zero-order valence-electron chi connectivity index (χ0n) is 2.67. The number of allylic oxidation sites excluding steroid dienone is 1. The van der Waals surface area contributed by atoms with Crippen molar-refractivity contribution in [2.45, 2.75) is 0 Å². The van der Waals surface area contributed by atoms with Gasteiger partial charge >= 0.3 is 0 Å². The van der Waals surface area contributed by atoms with Gasteiger partial charge in [-0.15, -0.1) is 0 Å². The minimum Gasteiger partial charge on any atom is -0.0889 e. The summed E-state index contributed by atoms with van der Waals surface area (Å²) in [6.45, 7) is 3.61. The van der Waals surface area contributed by atoms with Crippen LogP contribution in [0, 0.1) is 0 Å². The van der Waals surface area contributed by atoms with Gasteiger partial charge < -0.3 is 0 Å². The topological polar surface area (TPSA) is 0 Å². The summed E-state index contributed by atoms with van der Waals surface area (Å²) >= 11 is 5.37. The highest BCUT2D eigenvalue weighted by atomic mass is 127. The fourth-order valence-corrected chi connectivity index (χ4v) is 0. The Balaban J connectivity index is 2.85. The largest absolute Gasteiger partial charge is 0.0889 e. The molecule has 0 bridgehead atoms. The molecule has 0 heterocycles. The molecule has 0 atom stereocenters. The van der Waals surface area contributed by atoms with Gasteiger partial charge in [0, 0.05) is 5.33 Å². The number of halogens is 2. The molecule has 0 saturated carbocycles. The normalized spacial score (nSPS) is 7.60. The Morgan fingerprint density at radius 2 is 2.20 bits per heavy atom. The van der Waals surface area contributed by atoms with Crippen LogP contribution in [0.4, 0.5) is 0 Å². The van der Waals surface area contributed by atoms with Crippen molar-refractivity contribution in [3.8, 4) is 0 Å². The smallest absolute Gasteiger partial charge is 0.0335 e. The van der Waals surface area contributed by atoms with E-state index in [1.165, 1.54) is 0 Å². The summed E-state index contributed by atoms with van der Waals surface area (Å²) in [6, 6.07) is 0. The minimum atomic E-state index is 0.910. The summed E-state index contributed by atoms with van der Waals surface area (Å²) in [5.41, 5.74) is 0. The van der Waals surface area contributed by atoms with Crippen LogP contribution in [0.2, 0.25) is 0 Å². The molecular weight excluding hydrogens is 243 g/mol. The van der Waals surface area contributed by atoms with E-state index in [4.69, 9.17) is 0 Å². The molecule has 0 radical (unpaired) electrons. The van der Waals surface area contributed by atoms with E-state index in [0.717, 1.165) is 8.91 Å². The van der Waals surface area contributed by atoms with Gasteiger partial charge in [0.2, 0.25) is 0 Å². The van der Waals surface area contributed by atoms with Crippen LogP contribution in [0.5, 0.6) is 0 Å². The van der Waals surface area contributed by atoms with Crippen LogP contribution in [0.15, 0.2) is 10.2 Å². The third-order valence-electron chi connectivity index (χ3n) is 0.145. The Morgan fingerprint density at radius 1 is 2.00 bits per heavy atom. The molecule has 0 fully saturated rings. The van der Waals surface area contributed by atoms with Gasteiger partial charge in [0.15, 0.2) is 0 Å². The molecule has 0 aliphatic rings. The van der Waals surface area contributed by atoms with Crippen molar-refractivity contribution in [3.63, 3.8) is 0 Å². The molecular formula is C3H4BrI. The van der Waals surface area contributed by atoms with Crippen LogP contribution in [0.1, 0.15) is 0 Å². The van der Waals surface area contributed by atoms with Crippen molar-refractivity contribution in [2.75, 3.05) is 5.33 Å². The van der Waals surface area contributed by atoms with Crippen LogP contribution >= 0.6 is 38.5 Å². The standard InChI is InChI=1S/C3H4BrI/c1-3(5)2-4/h1-2H2. The molecule has 0 spiro atoms. The summed E-state index contributed by atoms with van der Waals surface area (Å²) in [5, 5.41) is 0.910. The summed E-state index contributed by atoms with van der Waals surface area (Å²) in [6.07, 6.45) is 0. The first-order chi connectivity index (χ1) is 2.27. The first kappa shape index (κ1) is 5.95. The van der Waals surface area contributed by atoms with Gasteiger partial charge in [-0.3, -0.25) is 0 Å². The van der Waals surface area contributed by atoms with Crippen LogP contribution < -0.4 is 0 Å². The lowest BCUT2D eigenvalue weighted by molar-refractivity contribution is 1.84. The summed E-state index contributed by atoms with van der Waals surface area (Å²) in [4.78, 5) is 0. The molecule has 0 aromatic carbocycles. The highest BCUT2D eigenvalue weighted by Crippen LogP contribution is 2.03. The van der Waals surface area contributed by atoms with Crippen molar-refractivity contribution in [3.05, 3.63) is 10.2 Å². The predicted octanol–water partition coefficient (Wildman–Crippen LogP) is 2.33. The Bertz CT molecular complexity index is 42.2. The van der Waals surface area contributed by atoms with Crippen molar-refractivity contribution in [2.24, 2.45) is 0 Å². The minimum absolute atomic E-state index is 0.910. The maximum absolute atomic E-state index is 3.61. The molecule has 0 amide bonds. The molecule has 0 aliphatic heterocycles. The van der Waals surface area contributed by atoms with Crippen molar-refractivity contribution >= 4 is 38.5 Å². The van der Waals surface area contributed by atoms with Gasteiger partial charge in [0.25, 0.3) is 0 Å². The van der Waals surface area contributed by atoms with Gasteiger partial charge in [-0.1, -0.05) is 22.5 Å². The molecule has 0 saturated heterocycles. The summed E-state index contributed by atoms with van der Waals surface area (Å²) < 4.78 is 1.14. The fourth-order valence-electron chi connectivity index (χ4n) is 0. The van der Waals surface area contributed by atoms with Gasteiger partial charge in [-0.05, 0) is 26.2 Å². The van der Waals surface area contributed by atoms with Crippen molar-refractivity contribution in [1.82, 2.24) is 0 Å². The molecule has 0 nitrogen and oxygen atoms in total. The van der Waals surface area contributed by atoms with Crippen LogP contribution in [-0.4, -0.2) is 5.33 Å². The summed E-state index contributed by atoms with van der Waals surface area (Å²) in [5.74, 6) is 0. The lowest BCUT2D eigenvalue weighted by atomic mass is 10.8. The maximum atomic E-state index is 3.61. The molecule has 30 valence electrons. The maximum Gasteiger partial charge on any atom is 0.0335 e. The van der Waals surface area contributed by atoms with Crippen molar-refractivity contribution < 1.29 is 0 Å². The van der Waals surface area contributed by atoms with Gasteiger partial charge in [-0.25, -0.2) is 0 Å². The average molecular weight is 247 g/mol. The van der Waals surface area contributed by atoms with E-state index < -0.39 is 0 Å². The molecule has 0 N–H and O–H groups in total. The third-order valence-corrected chi connectivity index (χ3v) is 2.25. The Kier molecular flexibility index (Phi) is 3.75. The van der Waals surface area contributed by atoms with Gasteiger partial charge in [0.05, 0.1) is 0 Å². The predicted molar refractivity (Wildman–Crippen MR) is 37.0 cm³/mol. The molecule has 2 heteroatoms. The number of hydrogen-bond donors (Lipinski definition) is 0. The highest BCUT2D eigenvalue weighted by molar-refractivity contribution is 14.1. The fraction of sp³-hybridized carbons (Fsp3) is 0.333. The number of rotatable bonds is 1. The lowest BCUT2D eigenvalue weighted by Crippen LogP contribution is -1.58. The van der Waals surface area contributed by atoms with Crippen LogP contribution in [-0.2, 0) is 0 Å². The van der Waals surface area contributed by atoms with E-state index in [0.29, 0.717) is 0 Å². The van der Waals surface area contributed by atoms with Crippen LogP contribution in [0.3, 0.4) is 0 Å². The average Bonchev–Trinajstić information content (AvgIpc) is 1.38. The molecule has 0 aliphatic carbocycles. The van der Waals surface area contributed by atoms with E-state index in [-0.39, 0.29) is 0 Å². The van der Waals surface area contributed by atoms with Crippen molar-refractivity contribution in [1.29, 1.82) is 0 Å². The van der Waals surface area contributed by atoms with E-state index in [1.807, 2.05) is 0 Å². The lowest BCUT2D eigenvalue weighted by Gasteiger charge is -1.75. The van der Waals surface area contributed by atoms with E-state index in [2.05, 4.69) is 45.1 Å². The zero-order chi connectivity index (χ0) is 4.28. The summed E-state index contributed by atoms with van der Waals surface area (Å²) in [7, 11) is 0. The molecule has 0 aromatic heterocycles. The molecule has 5 heavy (non-hydrogen) atoms. The first-order valence-electron chi connectivity index (χ1n) is 1.16. The molecule has 0 rings (SSSR count). The van der Waals surface area contributed by atoms with Gasteiger partial charge in [-0.2, -0.15) is 0 Å². The van der Waals surface area contributed by atoms with E-state index in [9.17, 15) is 0 Å². The molecule has 0 unspecified atom stereocenters. The number of alkyl halides is 1. The third kappa shape index (κ3) is 4.95. The number of hydrogen-bond acceptors (Lipinski definition) is 0. The zero-order valence-corrected chi connectivity index (χ0v) is 6.41. The monoisotopic (exact) mass is 246 g/mol. The van der Waals surface area contributed by atoms with E-state index in [1.54, 1.807) is 0 Å². The molecule has 0 aromatic rings. The van der Waals surface area contributed by atoms with Gasteiger partial charge in [0.1, 0.15) is 0 Å². The quantitative estimate of drug-likeness (QED) is 0.492. The Hall–Kier alpha value is 0.950. The second-order valence-electron chi connectivity index (χ2n) is 0.651. The van der Waals surface area contributed by atoms with E-state index >= 15 is 0 Å². The Labute approximate surface area is 53.9 Å². The second-order valence-corrected chi connectivity index (χ2v) is 2.74.